The van der Waals surface area contributed by atoms with Crippen molar-refractivity contribution in [3.63, 3.8) is 0 Å². The highest BCUT2D eigenvalue weighted by Crippen LogP contribution is 2.31. The van der Waals surface area contributed by atoms with Crippen molar-refractivity contribution in [3.8, 4) is 11.1 Å². The Kier molecular flexibility index (Phi) is 14.3. The van der Waals surface area contributed by atoms with Crippen LogP contribution in [0.4, 0.5) is 8.78 Å². The summed E-state index contributed by atoms with van der Waals surface area (Å²) in [7, 11) is 0. The van der Waals surface area contributed by atoms with Crippen LogP contribution in [0.5, 0.6) is 0 Å². The van der Waals surface area contributed by atoms with Crippen molar-refractivity contribution in [2.24, 2.45) is 0 Å². The van der Waals surface area contributed by atoms with Crippen molar-refractivity contribution < 1.29 is 38.1 Å². The molecule has 0 atom stereocenters. The Balaban J connectivity index is 2.15. The lowest BCUT2D eigenvalue weighted by Gasteiger charge is -2.19. The van der Waals surface area contributed by atoms with E-state index in [1.807, 2.05) is 6.07 Å². The fourth-order valence-electron chi connectivity index (χ4n) is 4.28. The third-order valence-corrected chi connectivity index (χ3v) is 6.71. The van der Waals surface area contributed by atoms with E-state index in [1.165, 1.54) is 31.4 Å². The van der Waals surface area contributed by atoms with Crippen LogP contribution in [-0.2, 0) is 25.5 Å². The average Bonchev–Trinajstić information content (AvgIpc) is 2.95. The molecule has 0 saturated heterocycles. The van der Waals surface area contributed by atoms with Gasteiger partial charge in [0.2, 0.25) is 0 Å². The zero-order valence-electron chi connectivity index (χ0n) is 23.2. The van der Waals surface area contributed by atoms with Crippen molar-refractivity contribution >= 4 is 11.9 Å². The minimum absolute atomic E-state index is 0.0878. The molecule has 0 radical (unpaired) electrons. The Bertz CT molecular complexity index is 1130. The van der Waals surface area contributed by atoms with E-state index in [0.29, 0.717) is 16.7 Å². The van der Waals surface area contributed by atoms with Crippen LogP contribution in [0.25, 0.3) is 11.1 Å². The lowest BCUT2D eigenvalue weighted by Crippen LogP contribution is -2.16. The Morgan fingerprint density at radius 3 is 1.95 bits per heavy atom. The summed E-state index contributed by atoms with van der Waals surface area (Å²) in [5.74, 6) is -3.02. The van der Waals surface area contributed by atoms with Gasteiger partial charge in [-0.25, -0.2) is 18.4 Å². The number of aliphatic hydroxyl groups is 2. The molecule has 218 valence electrons. The van der Waals surface area contributed by atoms with E-state index >= 15 is 4.39 Å². The van der Waals surface area contributed by atoms with Crippen LogP contribution in [0.3, 0.4) is 0 Å². The second-order valence-electron chi connectivity index (χ2n) is 9.78. The molecule has 0 saturated carbocycles. The van der Waals surface area contributed by atoms with Crippen molar-refractivity contribution in [1.82, 2.24) is 0 Å². The molecule has 0 aromatic heterocycles. The number of carbonyl (C=O) groups is 2. The van der Waals surface area contributed by atoms with E-state index in [9.17, 15) is 14.0 Å². The van der Waals surface area contributed by atoms with E-state index in [2.05, 4.69) is 20.1 Å². The van der Waals surface area contributed by atoms with Crippen LogP contribution in [-0.4, -0.2) is 48.6 Å². The van der Waals surface area contributed by atoms with Crippen LogP contribution in [0.2, 0.25) is 0 Å². The second-order valence-corrected chi connectivity index (χ2v) is 9.78. The summed E-state index contributed by atoms with van der Waals surface area (Å²) < 4.78 is 40.6. The summed E-state index contributed by atoms with van der Waals surface area (Å²) >= 11 is 0. The van der Waals surface area contributed by atoms with Crippen LogP contribution in [0.15, 0.2) is 60.7 Å². The smallest absolute Gasteiger partial charge is 0.335 e. The number of unbranched alkanes of at least 4 members (excludes halogenated alkanes) is 4. The summed E-state index contributed by atoms with van der Waals surface area (Å²) in [6.07, 6.45) is 6.83. The molecule has 0 unspecified atom stereocenters. The lowest BCUT2D eigenvalue weighted by atomic mass is 9.90. The number of ether oxygens (including phenoxy) is 2. The lowest BCUT2D eigenvalue weighted by molar-refractivity contribution is -0.139. The molecule has 0 aliphatic carbocycles. The van der Waals surface area contributed by atoms with Gasteiger partial charge < -0.3 is 19.7 Å². The molecule has 2 aromatic carbocycles. The van der Waals surface area contributed by atoms with Gasteiger partial charge in [0.05, 0.1) is 37.6 Å². The molecule has 0 heterocycles. The maximum absolute atomic E-state index is 15.4. The predicted octanol–water partition coefficient (Wildman–Crippen LogP) is 6.19. The Hall–Kier alpha value is -3.36. The molecule has 2 rings (SSSR count). The van der Waals surface area contributed by atoms with Gasteiger partial charge in [-0.15, -0.1) is 0 Å². The molecular weight excluding hydrogens is 518 g/mol. The van der Waals surface area contributed by atoms with Gasteiger partial charge in [-0.1, -0.05) is 70.0 Å². The number of esters is 2. The summed E-state index contributed by atoms with van der Waals surface area (Å²) in [5, 5.41) is 18.1. The molecule has 0 spiro atoms. The monoisotopic (exact) mass is 558 g/mol. The fourth-order valence-corrected chi connectivity index (χ4v) is 4.28. The van der Waals surface area contributed by atoms with Gasteiger partial charge in [0.25, 0.3) is 0 Å². The highest BCUT2D eigenvalue weighted by Gasteiger charge is 2.20. The van der Waals surface area contributed by atoms with Gasteiger partial charge in [0.15, 0.2) is 0 Å². The van der Waals surface area contributed by atoms with Crippen molar-refractivity contribution in [2.75, 3.05) is 26.4 Å². The van der Waals surface area contributed by atoms with Crippen LogP contribution >= 0.6 is 0 Å². The first-order valence-corrected chi connectivity index (χ1v) is 13.7. The Morgan fingerprint density at radius 2 is 1.43 bits per heavy atom. The molecule has 0 fully saturated rings. The summed E-state index contributed by atoms with van der Waals surface area (Å²) in [4.78, 5) is 23.7. The summed E-state index contributed by atoms with van der Waals surface area (Å²) in [5.41, 5.74) is 1.68. The van der Waals surface area contributed by atoms with Crippen molar-refractivity contribution in [3.05, 3.63) is 83.5 Å². The van der Waals surface area contributed by atoms with Crippen LogP contribution in [0.1, 0.15) is 68.9 Å². The number of rotatable bonds is 18. The predicted molar refractivity (Wildman–Crippen MR) is 151 cm³/mol. The highest BCUT2D eigenvalue weighted by atomic mass is 19.1. The Morgan fingerprint density at radius 1 is 0.825 bits per heavy atom. The molecule has 8 heteroatoms. The number of benzene rings is 2. The van der Waals surface area contributed by atoms with Gasteiger partial charge in [-0.3, -0.25) is 0 Å². The van der Waals surface area contributed by atoms with E-state index in [4.69, 9.17) is 19.7 Å². The van der Waals surface area contributed by atoms with Gasteiger partial charge in [0, 0.05) is 5.56 Å². The minimum atomic E-state index is -0.761. The van der Waals surface area contributed by atoms with E-state index in [1.54, 1.807) is 18.2 Å². The molecular formula is C32H40F2O6. The zero-order chi connectivity index (χ0) is 29.5. The maximum Gasteiger partial charge on any atom is 0.335 e. The number of carbonyl (C=O) groups excluding carboxylic acids is 2. The summed E-state index contributed by atoms with van der Waals surface area (Å²) in [6.45, 7) is 7.72. The first-order valence-electron chi connectivity index (χ1n) is 13.7. The molecule has 0 amide bonds. The van der Waals surface area contributed by atoms with Gasteiger partial charge in [-0.05, 0) is 60.4 Å². The quantitative estimate of drug-likeness (QED) is 0.129. The van der Waals surface area contributed by atoms with Crippen LogP contribution < -0.4 is 0 Å². The molecule has 40 heavy (non-hydrogen) atoms. The number of aryl methyl sites for hydroxylation is 1. The van der Waals surface area contributed by atoms with Crippen LogP contribution in [0, 0.1) is 11.6 Å². The first kappa shape index (κ1) is 32.8. The van der Waals surface area contributed by atoms with Crippen molar-refractivity contribution in [1.29, 1.82) is 0 Å². The third-order valence-electron chi connectivity index (χ3n) is 6.71. The Labute approximate surface area is 235 Å². The van der Waals surface area contributed by atoms with Gasteiger partial charge in [0.1, 0.15) is 11.6 Å². The second kappa shape index (κ2) is 17.4. The summed E-state index contributed by atoms with van der Waals surface area (Å²) in [6, 6.07) is 9.50. The topological polar surface area (TPSA) is 93.1 Å². The molecule has 6 nitrogen and oxygen atoms in total. The minimum Gasteiger partial charge on any atom is -0.462 e. The van der Waals surface area contributed by atoms with E-state index < -0.39 is 42.7 Å². The van der Waals surface area contributed by atoms with E-state index in [-0.39, 0.29) is 37.2 Å². The normalized spacial score (nSPS) is 10.9. The standard InChI is InChI=1S/C32H40F2O6/c1-4-5-6-7-8-9-24-10-12-28(29(33)18-24)26-11-13-27(30(34)19-26)25(14-16-39-31(37)22(2)20-35)15-17-40-32(38)23(3)21-36/h10-13,18-19,25,35-36H,2-9,14-17,20-21H2,1H3. The molecule has 0 aliphatic heterocycles. The van der Waals surface area contributed by atoms with Gasteiger partial charge in [-0.2, -0.15) is 0 Å². The molecule has 2 N–H and O–H groups in total. The number of aliphatic hydroxyl groups excluding tert-OH is 2. The fraction of sp³-hybridized carbons (Fsp3) is 0.438. The molecule has 0 bridgehead atoms. The maximum atomic E-state index is 15.4. The molecule has 0 aliphatic rings. The van der Waals surface area contributed by atoms with Crippen molar-refractivity contribution in [2.45, 2.75) is 64.2 Å². The van der Waals surface area contributed by atoms with Gasteiger partial charge >= 0.3 is 11.9 Å². The highest BCUT2D eigenvalue weighted by molar-refractivity contribution is 5.88. The number of halogens is 2. The SMILES string of the molecule is C=C(CO)C(=O)OCCC(CCOC(=O)C(=C)CO)c1ccc(-c2ccc(CCCCCCC)cc2F)cc1F. The first-order chi connectivity index (χ1) is 19.2. The largest absolute Gasteiger partial charge is 0.462 e. The third kappa shape index (κ3) is 10.3. The zero-order valence-corrected chi connectivity index (χ0v) is 23.2. The van der Waals surface area contributed by atoms with E-state index in [0.717, 1.165) is 24.8 Å². The average molecular weight is 559 g/mol. The molecule has 2 aromatic rings. The number of hydrogen-bond donors (Lipinski definition) is 2. The number of hydrogen-bond acceptors (Lipinski definition) is 6.